The van der Waals surface area contributed by atoms with E-state index in [2.05, 4.69) is 39.0 Å². The van der Waals surface area contributed by atoms with Crippen molar-refractivity contribution in [3.63, 3.8) is 0 Å². The van der Waals surface area contributed by atoms with Crippen molar-refractivity contribution < 1.29 is 14.3 Å². The number of rotatable bonds is 13. The topological polar surface area (TPSA) is 35.5 Å². The first-order valence-electron chi connectivity index (χ1n) is 12.0. The van der Waals surface area contributed by atoms with Gasteiger partial charge in [-0.3, -0.25) is 4.79 Å². The van der Waals surface area contributed by atoms with Crippen LogP contribution < -0.4 is 9.47 Å². The van der Waals surface area contributed by atoms with Crippen molar-refractivity contribution in [2.24, 2.45) is 5.92 Å². The number of Topliss-reactive ketones (excluding diaryl/α,β-unsaturated/α-hetero) is 1. The molecule has 0 aliphatic carbocycles. The second-order valence-electron chi connectivity index (χ2n) is 8.67. The van der Waals surface area contributed by atoms with Crippen molar-refractivity contribution in [3.8, 4) is 11.5 Å². The summed E-state index contributed by atoms with van der Waals surface area (Å²) in [6.07, 6.45) is 6.44. The van der Waals surface area contributed by atoms with E-state index in [0.717, 1.165) is 52.8 Å². The SMILES string of the molecule is CCCCCCOc1ccc2c(OCc3ccc(C(=O)C[C@H](C)CC)cc3)cccc2c1. The molecule has 0 saturated carbocycles. The molecule has 0 amide bonds. The molecule has 0 saturated heterocycles. The van der Waals surface area contributed by atoms with Crippen LogP contribution in [0.15, 0.2) is 60.7 Å². The van der Waals surface area contributed by atoms with Gasteiger partial charge >= 0.3 is 0 Å². The molecule has 0 N–H and O–H groups in total. The van der Waals surface area contributed by atoms with Gasteiger partial charge in [0.05, 0.1) is 6.61 Å². The maximum Gasteiger partial charge on any atom is 0.163 e. The highest BCUT2D eigenvalue weighted by Crippen LogP contribution is 2.29. The zero-order valence-electron chi connectivity index (χ0n) is 19.7. The zero-order chi connectivity index (χ0) is 22.8. The number of carbonyl (C=O) groups is 1. The summed E-state index contributed by atoms with van der Waals surface area (Å²) in [6.45, 7) is 7.68. The Balaban J connectivity index is 1.59. The first kappa shape index (κ1) is 23.8. The molecule has 1 atom stereocenters. The van der Waals surface area contributed by atoms with Gasteiger partial charge in [-0.15, -0.1) is 0 Å². The van der Waals surface area contributed by atoms with Gasteiger partial charge in [0.25, 0.3) is 0 Å². The molecule has 0 unspecified atom stereocenters. The summed E-state index contributed by atoms with van der Waals surface area (Å²) in [6, 6.07) is 20.1. The molecule has 3 heteroatoms. The van der Waals surface area contributed by atoms with Gasteiger partial charge in [0.1, 0.15) is 18.1 Å². The lowest BCUT2D eigenvalue weighted by Gasteiger charge is -2.12. The third kappa shape index (κ3) is 6.85. The highest BCUT2D eigenvalue weighted by Gasteiger charge is 2.10. The number of carbonyl (C=O) groups excluding carboxylic acids is 1. The molecule has 0 heterocycles. The first-order chi connectivity index (χ1) is 15.6. The van der Waals surface area contributed by atoms with E-state index in [1.54, 1.807) is 0 Å². The fourth-order valence-corrected chi connectivity index (χ4v) is 3.69. The van der Waals surface area contributed by atoms with E-state index in [1.807, 2.05) is 42.5 Å². The van der Waals surface area contributed by atoms with Crippen LogP contribution in [0.3, 0.4) is 0 Å². The number of ketones is 1. The highest BCUT2D eigenvalue weighted by molar-refractivity contribution is 5.96. The fourth-order valence-electron chi connectivity index (χ4n) is 3.69. The van der Waals surface area contributed by atoms with Crippen LogP contribution in [0.4, 0.5) is 0 Å². The van der Waals surface area contributed by atoms with Gasteiger partial charge in [0, 0.05) is 17.4 Å². The predicted octanol–water partition coefficient (Wildman–Crippen LogP) is 8.00. The van der Waals surface area contributed by atoms with Crippen molar-refractivity contribution in [1.82, 2.24) is 0 Å². The minimum absolute atomic E-state index is 0.212. The molecule has 0 aromatic heterocycles. The lowest BCUT2D eigenvalue weighted by atomic mass is 9.97. The summed E-state index contributed by atoms with van der Waals surface area (Å²) < 4.78 is 12.1. The van der Waals surface area contributed by atoms with Crippen LogP contribution in [-0.4, -0.2) is 12.4 Å². The lowest BCUT2D eigenvalue weighted by molar-refractivity contribution is 0.0963. The molecule has 3 rings (SSSR count). The number of unbranched alkanes of at least 4 members (excludes halogenated alkanes) is 3. The van der Waals surface area contributed by atoms with Crippen LogP contribution in [0.2, 0.25) is 0 Å². The van der Waals surface area contributed by atoms with Crippen molar-refractivity contribution in [2.45, 2.75) is 65.9 Å². The van der Waals surface area contributed by atoms with E-state index in [9.17, 15) is 4.79 Å². The quantitative estimate of drug-likeness (QED) is 0.203. The van der Waals surface area contributed by atoms with Gasteiger partial charge in [-0.05, 0) is 47.6 Å². The molecule has 0 bridgehead atoms. The summed E-state index contributed by atoms with van der Waals surface area (Å²) in [5.41, 5.74) is 1.83. The van der Waals surface area contributed by atoms with E-state index >= 15 is 0 Å². The van der Waals surface area contributed by atoms with Gasteiger partial charge in [0.15, 0.2) is 5.78 Å². The maximum atomic E-state index is 12.3. The minimum Gasteiger partial charge on any atom is -0.494 e. The van der Waals surface area contributed by atoms with Crippen LogP contribution in [-0.2, 0) is 6.61 Å². The van der Waals surface area contributed by atoms with Crippen LogP contribution in [0.5, 0.6) is 11.5 Å². The van der Waals surface area contributed by atoms with Crippen LogP contribution >= 0.6 is 0 Å². The van der Waals surface area contributed by atoms with E-state index in [-0.39, 0.29) is 5.78 Å². The molecule has 170 valence electrons. The summed E-state index contributed by atoms with van der Waals surface area (Å²) in [5, 5.41) is 2.19. The molecule has 3 aromatic carbocycles. The average Bonchev–Trinajstić information content (AvgIpc) is 2.82. The Kier molecular flexibility index (Phi) is 9.15. The fraction of sp³-hybridized carbons (Fsp3) is 0.414. The summed E-state index contributed by atoms with van der Waals surface area (Å²) in [4.78, 5) is 12.3. The van der Waals surface area contributed by atoms with Gasteiger partial charge in [-0.1, -0.05) is 82.9 Å². The third-order valence-corrected chi connectivity index (χ3v) is 5.98. The number of fused-ring (bicyclic) bond motifs is 1. The summed E-state index contributed by atoms with van der Waals surface area (Å²) >= 11 is 0. The van der Waals surface area contributed by atoms with Crippen molar-refractivity contribution >= 4 is 16.6 Å². The van der Waals surface area contributed by atoms with Crippen molar-refractivity contribution in [1.29, 1.82) is 0 Å². The number of hydrogen-bond donors (Lipinski definition) is 0. The first-order valence-corrected chi connectivity index (χ1v) is 12.0. The Labute approximate surface area is 192 Å². The molecule has 0 radical (unpaired) electrons. The Hall–Kier alpha value is -2.81. The van der Waals surface area contributed by atoms with Crippen molar-refractivity contribution in [3.05, 3.63) is 71.8 Å². The molecule has 3 aromatic rings. The lowest BCUT2D eigenvalue weighted by Crippen LogP contribution is -2.05. The Bertz CT molecular complexity index is 991. The standard InChI is InChI=1S/C29H36O3/c1-4-6-7-8-18-31-26-16-17-27-25(20-26)10-9-11-29(27)32-21-23-12-14-24(15-13-23)28(30)19-22(3)5-2/h9-17,20,22H,4-8,18-19,21H2,1-3H3/t22-/m1/s1. The molecule has 0 fully saturated rings. The Morgan fingerprint density at radius 3 is 2.47 bits per heavy atom. The van der Waals surface area contributed by atoms with Crippen LogP contribution in [0.1, 0.15) is 75.2 Å². The number of ether oxygens (including phenoxy) is 2. The van der Waals surface area contributed by atoms with Crippen LogP contribution in [0, 0.1) is 5.92 Å². The maximum absolute atomic E-state index is 12.3. The smallest absolute Gasteiger partial charge is 0.163 e. The van der Waals surface area contributed by atoms with Crippen molar-refractivity contribution in [2.75, 3.05) is 6.61 Å². The Morgan fingerprint density at radius 2 is 1.72 bits per heavy atom. The van der Waals surface area contributed by atoms with Gasteiger partial charge in [-0.2, -0.15) is 0 Å². The summed E-state index contributed by atoms with van der Waals surface area (Å²) in [7, 11) is 0. The second kappa shape index (κ2) is 12.3. The number of benzene rings is 3. The molecule has 0 aliphatic rings. The minimum atomic E-state index is 0.212. The van der Waals surface area contributed by atoms with E-state index in [4.69, 9.17) is 9.47 Å². The predicted molar refractivity (Wildman–Crippen MR) is 133 cm³/mol. The molecular weight excluding hydrogens is 396 g/mol. The number of hydrogen-bond acceptors (Lipinski definition) is 3. The average molecular weight is 433 g/mol. The van der Waals surface area contributed by atoms with E-state index < -0.39 is 0 Å². The monoisotopic (exact) mass is 432 g/mol. The van der Waals surface area contributed by atoms with Gasteiger partial charge in [-0.25, -0.2) is 0 Å². The zero-order valence-corrected chi connectivity index (χ0v) is 19.7. The molecule has 3 nitrogen and oxygen atoms in total. The molecular formula is C29H36O3. The highest BCUT2D eigenvalue weighted by atomic mass is 16.5. The molecule has 0 spiro atoms. The van der Waals surface area contributed by atoms with Crippen LogP contribution in [0.25, 0.3) is 10.8 Å². The van der Waals surface area contributed by atoms with Gasteiger partial charge in [0.2, 0.25) is 0 Å². The largest absolute Gasteiger partial charge is 0.494 e. The van der Waals surface area contributed by atoms with E-state index in [1.165, 1.54) is 19.3 Å². The Morgan fingerprint density at radius 1 is 0.906 bits per heavy atom. The molecule has 0 aliphatic heterocycles. The van der Waals surface area contributed by atoms with Gasteiger partial charge < -0.3 is 9.47 Å². The van der Waals surface area contributed by atoms with E-state index in [0.29, 0.717) is 18.9 Å². The second-order valence-corrected chi connectivity index (χ2v) is 8.67. The summed E-state index contributed by atoms with van der Waals surface area (Å²) in [5.74, 6) is 2.39. The third-order valence-electron chi connectivity index (χ3n) is 5.98. The molecule has 32 heavy (non-hydrogen) atoms. The normalized spacial score (nSPS) is 12.0.